The average Bonchev–Trinajstić information content (AvgIpc) is 2.53. The summed E-state index contributed by atoms with van der Waals surface area (Å²) in [6.07, 6.45) is 1.55. The van der Waals surface area contributed by atoms with E-state index in [0.29, 0.717) is 16.7 Å². The first-order chi connectivity index (χ1) is 11.0. The number of rotatable bonds is 5. The molecule has 23 heavy (non-hydrogen) atoms. The van der Waals surface area contributed by atoms with Crippen molar-refractivity contribution in [2.75, 3.05) is 0 Å². The maximum Gasteiger partial charge on any atom is 0.387 e. The Morgan fingerprint density at radius 3 is 2.26 bits per heavy atom. The summed E-state index contributed by atoms with van der Waals surface area (Å²) in [5, 5.41) is 19.8. The number of allylic oxidation sites excluding steroid dienone is 1. The molecule has 116 valence electrons. The lowest BCUT2D eigenvalue weighted by Gasteiger charge is -2.04. The fraction of sp³-hybridized carbons (Fsp3) is 0.0625. The van der Waals surface area contributed by atoms with Crippen LogP contribution in [0.25, 0.3) is 11.6 Å². The number of hydrogen-bond acceptors (Lipinski definition) is 4. The molecule has 0 saturated carbocycles. The van der Waals surface area contributed by atoms with E-state index in [0.717, 1.165) is 0 Å². The lowest BCUT2D eigenvalue weighted by molar-refractivity contribution is -0.384. The van der Waals surface area contributed by atoms with Crippen LogP contribution in [0.2, 0.25) is 0 Å². The molecular weight excluding hydrogens is 306 g/mol. The topological polar surface area (TPSA) is 76.2 Å². The highest BCUT2D eigenvalue weighted by molar-refractivity contribution is 5.89. The lowest BCUT2D eigenvalue weighted by atomic mass is 10.0. The first-order valence-corrected chi connectivity index (χ1v) is 6.41. The van der Waals surface area contributed by atoms with Gasteiger partial charge < -0.3 is 4.74 Å². The molecule has 2 aromatic carbocycles. The van der Waals surface area contributed by atoms with Gasteiger partial charge in [-0.15, -0.1) is 0 Å². The Morgan fingerprint density at radius 1 is 1.17 bits per heavy atom. The average molecular weight is 316 g/mol. The van der Waals surface area contributed by atoms with Crippen LogP contribution in [0.1, 0.15) is 11.1 Å². The van der Waals surface area contributed by atoms with Crippen LogP contribution < -0.4 is 4.74 Å². The van der Waals surface area contributed by atoms with E-state index in [1.807, 2.05) is 6.07 Å². The molecule has 0 amide bonds. The zero-order valence-electron chi connectivity index (χ0n) is 11.6. The number of alkyl halides is 2. The van der Waals surface area contributed by atoms with E-state index in [1.54, 1.807) is 6.08 Å². The van der Waals surface area contributed by atoms with E-state index in [9.17, 15) is 24.2 Å². The van der Waals surface area contributed by atoms with Crippen molar-refractivity contribution in [3.05, 3.63) is 69.8 Å². The van der Waals surface area contributed by atoms with Gasteiger partial charge in [-0.1, -0.05) is 12.1 Å². The zero-order chi connectivity index (χ0) is 16.8. The van der Waals surface area contributed by atoms with Crippen LogP contribution >= 0.6 is 0 Å². The molecule has 2 aromatic rings. The standard InChI is InChI=1S/C16H10F2N2O3/c17-16(18)23-15-7-1-11(2-8-15)9-13(10-19)12-3-5-14(6-4-12)20(21)22/h1-9,16H. The predicted molar refractivity (Wildman–Crippen MR) is 79.7 cm³/mol. The van der Waals surface area contributed by atoms with Crippen molar-refractivity contribution >= 4 is 17.3 Å². The van der Waals surface area contributed by atoms with Gasteiger partial charge in [-0.3, -0.25) is 10.1 Å². The highest BCUT2D eigenvalue weighted by atomic mass is 19.3. The van der Waals surface area contributed by atoms with Gasteiger partial charge in [-0.2, -0.15) is 14.0 Å². The van der Waals surface area contributed by atoms with E-state index < -0.39 is 11.5 Å². The molecule has 7 heteroatoms. The van der Waals surface area contributed by atoms with E-state index in [4.69, 9.17) is 0 Å². The molecule has 0 fully saturated rings. The molecule has 0 heterocycles. The Hall–Kier alpha value is -3.27. The normalized spacial score (nSPS) is 11.1. The number of nitro groups is 1. The van der Waals surface area contributed by atoms with E-state index in [1.165, 1.54) is 48.5 Å². The lowest BCUT2D eigenvalue weighted by Crippen LogP contribution is -2.01. The van der Waals surface area contributed by atoms with Gasteiger partial charge in [0.15, 0.2) is 0 Å². The third-order valence-electron chi connectivity index (χ3n) is 2.93. The molecule has 2 rings (SSSR count). The van der Waals surface area contributed by atoms with Crippen molar-refractivity contribution in [2.45, 2.75) is 6.61 Å². The largest absolute Gasteiger partial charge is 0.435 e. The quantitative estimate of drug-likeness (QED) is 0.357. The number of non-ortho nitro benzene ring substituents is 1. The number of ether oxygens (including phenoxy) is 1. The SMILES string of the molecule is N#CC(=Cc1ccc(OC(F)F)cc1)c1ccc([N+](=O)[O-])cc1. The minimum absolute atomic E-state index is 0.0194. The summed E-state index contributed by atoms with van der Waals surface area (Å²) in [4.78, 5) is 10.1. The van der Waals surface area contributed by atoms with Gasteiger partial charge in [0.1, 0.15) is 5.75 Å². The maximum atomic E-state index is 12.1. The van der Waals surface area contributed by atoms with Crippen molar-refractivity contribution in [1.29, 1.82) is 5.26 Å². The van der Waals surface area contributed by atoms with Crippen LogP contribution in [0, 0.1) is 21.4 Å². The molecule has 0 aliphatic rings. The summed E-state index contributed by atoms with van der Waals surface area (Å²) >= 11 is 0. The monoisotopic (exact) mass is 316 g/mol. The van der Waals surface area contributed by atoms with Gasteiger partial charge >= 0.3 is 6.61 Å². The predicted octanol–water partition coefficient (Wildman–Crippen LogP) is 4.26. The molecule has 0 spiro atoms. The fourth-order valence-electron chi connectivity index (χ4n) is 1.86. The molecular formula is C16H10F2N2O3. The Bertz CT molecular complexity index is 763. The number of nitriles is 1. The number of nitro benzene ring substituents is 1. The third-order valence-corrected chi connectivity index (χ3v) is 2.93. The van der Waals surface area contributed by atoms with Crippen LogP contribution in [0.3, 0.4) is 0 Å². The van der Waals surface area contributed by atoms with E-state index >= 15 is 0 Å². The van der Waals surface area contributed by atoms with Crippen LogP contribution in [0.15, 0.2) is 48.5 Å². The Morgan fingerprint density at radius 2 is 1.78 bits per heavy atom. The second-order valence-electron chi connectivity index (χ2n) is 4.42. The van der Waals surface area contributed by atoms with Gasteiger partial charge in [0.05, 0.1) is 16.6 Å². The number of halogens is 2. The van der Waals surface area contributed by atoms with Gasteiger partial charge in [0, 0.05) is 12.1 Å². The zero-order valence-corrected chi connectivity index (χ0v) is 11.6. The number of nitrogens with zero attached hydrogens (tertiary/aromatic N) is 2. The molecule has 0 aliphatic heterocycles. The molecule has 0 unspecified atom stereocenters. The number of hydrogen-bond donors (Lipinski definition) is 0. The van der Waals surface area contributed by atoms with Gasteiger partial charge in [-0.05, 0) is 41.5 Å². The van der Waals surface area contributed by atoms with Crippen molar-refractivity contribution in [3.63, 3.8) is 0 Å². The molecule has 0 atom stereocenters. The van der Waals surface area contributed by atoms with Gasteiger partial charge in [0.25, 0.3) is 5.69 Å². The first-order valence-electron chi connectivity index (χ1n) is 6.41. The van der Waals surface area contributed by atoms with Crippen molar-refractivity contribution in [2.24, 2.45) is 0 Å². The number of benzene rings is 2. The highest BCUT2D eigenvalue weighted by Crippen LogP contribution is 2.22. The van der Waals surface area contributed by atoms with Crippen molar-refractivity contribution < 1.29 is 18.4 Å². The maximum absolute atomic E-state index is 12.1. The van der Waals surface area contributed by atoms with Crippen LogP contribution in [-0.4, -0.2) is 11.5 Å². The van der Waals surface area contributed by atoms with Gasteiger partial charge in [-0.25, -0.2) is 0 Å². The molecule has 0 bridgehead atoms. The van der Waals surface area contributed by atoms with E-state index in [-0.39, 0.29) is 11.4 Å². The fourth-order valence-corrected chi connectivity index (χ4v) is 1.86. The van der Waals surface area contributed by atoms with Crippen molar-refractivity contribution in [3.8, 4) is 11.8 Å². The molecule has 0 radical (unpaired) electrons. The second-order valence-corrected chi connectivity index (χ2v) is 4.42. The molecule has 0 saturated heterocycles. The smallest absolute Gasteiger partial charge is 0.387 e. The summed E-state index contributed by atoms with van der Waals surface area (Å²) in [6, 6.07) is 13.3. The van der Waals surface area contributed by atoms with Crippen LogP contribution in [0.5, 0.6) is 5.75 Å². The summed E-state index contributed by atoms with van der Waals surface area (Å²) in [7, 11) is 0. The minimum atomic E-state index is -2.90. The summed E-state index contributed by atoms with van der Waals surface area (Å²) in [6.45, 7) is -2.90. The first kappa shape index (κ1) is 16.1. The molecule has 5 nitrogen and oxygen atoms in total. The second kappa shape index (κ2) is 7.13. The summed E-state index contributed by atoms with van der Waals surface area (Å²) in [5.74, 6) is 0.0194. The Kier molecular flexibility index (Phi) is 5.00. The Labute approximate surface area is 130 Å². The van der Waals surface area contributed by atoms with Crippen LogP contribution in [-0.2, 0) is 0 Å². The molecule has 0 aliphatic carbocycles. The van der Waals surface area contributed by atoms with E-state index in [2.05, 4.69) is 4.74 Å². The van der Waals surface area contributed by atoms with Crippen molar-refractivity contribution in [1.82, 2.24) is 0 Å². The minimum Gasteiger partial charge on any atom is -0.435 e. The Balaban J connectivity index is 2.24. The third kappa shape index (κ3) is 4.35. The summed E-state index contributed by atoms with van der Waals surface area (Å²) in [5.41, 5.74) is 1.36. The molecule has 0 aromatic heterocycles. The van der Waals surface area contributed by atoms with Crippen LogP contribution in [0.4, 0.5) is 14.5 Å². The molecule has 0 N–H and O–H groups in total. The van der Waals surface area contributed by atoms with Gasteiger partial charge in [0.2, 0.25) is 0 Å². The highest BCUT2D eigenvalue weighted by Gasteiger charge is 2.07. The summed E-state index contributed by atoms with van der Waals surface area (Å²) < 4.78 is 28.4.